The normalized spacial score (nSPS) is 11.5. The average Bonchev–Trinajstić information content (AvgIpc) is 2.37. The second-order valence-electron chi connectivity index (χ2n) is 3.32. The summed E-state index contributed by atoms with van der Waals surface area (Å²) in [5, 5.41) is 14.4. The van der Waals surface area contributed by atoms with Crippen LogP contribution in [0.5, 0.6) is 0 Å². The molecule has 0 fully saturated rings. The predicted octanol–water partition coefficient (Wildman–Crippen LogP) is 0.0969. The summed E-state index contributed by atoms with van der Waals surface area (Å²) in [4.78, 5) is 11.2. The lowest BCUT2D eigenvalue weighted by Gasteiger charge is -1.97. The zero-order chi connectivity index (χ0) is 11.6. The molecule has 7 heteroatoms. The lowest BCUT2D eigenvalue weighted by Crippen LogP contribution is -3.00. The maximum Gasteiger partial charge on any atom is 0.333 e. The van der Waals surface area contributed by atoms with Crippen molar-refractivity contribution in [1.82, 2.24) is 9.78 Å². The molecule has 0 radical (unpaired) electrons. The third kappa shape index (κ3) is 2.54. The van der Waals surface area contributed by atoms with E-state index < -0.39 is 4.92 Å². The first-order valence-electron chi connectivity index (χ1n) is 4.28. The van der Waals surface area contributed by atoms with Gasteiger partial charge >= 0.3 is 5.69 Å². The van der Waals surface area contributed by atoms with Crippen LogP contribution in [0.25, 0.3) is 6.08 Å². The molecule has 1 aromatic heterocycles. The first-order chi connectivity index (χ1) is 6.93. The van der Waals surface area contributed by atoms with Gasteiger partial charge in [-0.2, -0.15) is 5.10 Å². The summed E-state index contributed by atoms with van der Waals surface area (Å²) in [6, 6.07) is 0. The molecule has 0 atom stereocenters. The standard InChI is InChI=1S/C8H11ClN4O2/c1-11(2)5-4-6-7(13(14)15)8(9)10-12(6)3/h4-5H,1-3H3/p+1/b5-4+. The highest BCUT2D eigenvalue weighted by Gasteiger charge is 2.23. The molecule has 1 heterocycles. The number of quaternary nitrogens is 1. The Labute approximate surface area is 91.9 Å². The summed E-state index contributed by atoms with van der Waals surface area (Å²) in [5.74, 6) is 0. The molecular formula is C8H12ClN4O2+. The van der Waals surface area contributed by atoms with Crippen LogP contribution in [0.4, 0.5) is 5.69 Å². The Morgan fingerprint density at radius 1 is 1.60 bits per heavy atom. The Balaban J connectivity index is 3.21. The van der Waals surface area contributed by atoms with Gasteiger partial charge in [0.05, 0.1) is 25.2 Å². The fourth-order valence-electron chi connectivity index (χ4n) is 1.09. The number of hydrogen-bond donors (Lipinski definition) is 1. The second kappa shape index (κ2) is 4.41. The molecule has 0 aliphatic carbocycles. The van der Waals surface area contributed by atoms with Gasteiger partial charge in [-0.05, 0) is 0 Å². The van der Waals surface area contributed by atoms with Crippen LogP contribution >= 0.6 is 11.6 Å². The van der Waals surface area contributed by atoms with Crippen molar-refractivity contribution in [2.45, 2.75) is 0 Å². The van der Waals surface area contributed by atoms with E-state index in [1.165, 1.54) is 4.68 Å². The number of halogens is 1. The average molecular weight is 232 g/mol. The lowest BCUT2D eigenvalue weighted by molar-refractivity contribution is -0.800. The summed E-state index contributed by atoms with van der Waals surface area (Å²) in [6.45, 7) is 0. The van der Waals surface area contributed by atoms with E-state index in [1.54, 1.807) is 19.3 Å². The van der Waals surface area contributed by atoms with Crippen molar-refractivity contribution in [1.29, 1.82) is 0 Å². The van der Waals surface area contributed by atoms with Crippen molar-refractivity contribution in [2.24, 2.45) is 7.05 Å². The number of nitro groups is 1. The fourth-order valence-corrected chi connectivity index (χ4v) is 1.37. The molecule has 0 saturated heterocycles. The maximum absolute atomic E-state index is 10.7. The van der Waals surface area contributed by atoms with E-state index in [0.717, 1.165) is 4.90 Å². The smallest absolute Gasteiger partial charge is 0.313 e. The Bertz CT molecular complexity index is 411. The van der Waals surface area contributed by atoms with Crippen molar-refractivity contribution < 1.29 is 9.82 Å². The molecule has 15 heavy (non-hydrogen) atoms. The Hall–Kier alpha value is -1.40. The maximum atomic E-state index is 10.7. The molecule has 0 saturated carbocycles. The van der Waals surface area contributed by atoms with Crippen LogP contribution in [0.15, 0.2) is 6.20 Å². The molecule has 0 unspecified atom stereocenters. The van der Waals surface area contributed by atoms with E-state index in [4.69, 9.17) is 11.6 Å². The van der Waals surface area contributed by atoms with Crippen LogP contribution in [0, 0.1) is 10.1 Å². The van der Waals surface area contributed by atoms with E-state index in [-0.39, 0.29) is 10.8 Å². The minimum absolute atomic E-state index is 0.0871. The summed E-state index contributed by atoms with van der Waals surface area (Å²) < 4.78 is 1.39. The molecule has 1 aromatic rings. The molecular weight excluding hydrogens is 220 g/mol. The van der Waals surface area contributed by atoms with Crippen LogP contribution in [0.2, 0.25) is 5.15 Å². The Kier molecular flexibility index (Phi) is 3.43. The van der Waals surface area contributed by atoms with Crippen molar-refractivity contribution in [3.8, 4) is 0 Å². The number of aryl methyl sites for hydroxylation is 1. The number of nitrogens with one attached hydrogen (secondary N) is 1. The lowest BCUT2D eigenvalue weighted by atomic mass is 10.3. The third-order valence-corrected chi connectivity index (χ3v) is 2.04. The van der Waals surface area contributed by atoms with E-state index >= 15 is 0 Å². The Morgan fingerprint density at radius 2 is 2.20 bits per heavy atom. The van der Waals surface area contributed by atoms with Gasteiger partial charge in [0.1, 0.15) is 5.69 Å². The van der Waals surface area contributed by atoms with Crippen molar-refractivity contribution in [2.75, 3.05) is 14.1 Å². The van der Waals surface area contributed by atoms with Gasteiger partial charge in [-0.15, -0.1) is 0 Å². The van der Waals surface area contributed by atoms with E-state index in [0.29, 0.717) is 5.69 Å². The van der Waals surface area contributed by atoms with Crippen molar-refractivity contribution in [3.05, 3.63) is 27.2 Å². The summed E-state index contributed by atoms with van der Waals surface area (Å²) in [7, 11) is 5.42. The number of rotatable bonds is 3. The molecule has 0 bridgehead atoms. The van der Waals surface area contributed by atoms with Gasteiger partial charge in [-0.1, -0.05) is 11.6 Å². The minimum atomic E-state index is -0.528. The fraction of sp³-hybridized carbons (Fsp3) is 0.375. The largest absolute Gasteiger partial charge is 0.333 e. The molecule has 1 rings (SSSR count). The van der Waals surface area contributed by atoms with Gasteiger partial charge in [0.25, 0.3) is 0 Å². The van der Waals surface area contributed by atoms with Gasteiger partial charge in [-0.25, -0.2) is 0 Å². The zero-order valence-electron chi connectivity index (χ0n) is 8.69. The summed E-state index contributed by atoms with van der Waals surface area (Å²) in [6.07, 6.45) is 3.41. The van der Waals surface area contributed by atoms with Crippen LogP contribution in [-0.2, 0) is 7.05 Å². The zero-order valence-corrected chi connectivity index (χ0v) is 9.45. The number of nitrogens with zero attached hydrogens (tertiary/aromatic N) is 3. The van der Waals surface area contributed by atoms with E-state index in [9.17, 15) is 10.1 Å². The highest BCUT2D eigenvalue weighted by atomic mass is 35.5. The first-order valence-corrected chi connectivity index (χ1v) is 4.66. The molecule has 1 N–H and O–H groups in total. The van der Waals surface area contributed by atoms with Crippen molar-refractivity contribution >= 4 is 23.4 Å². The number of aromatic nitrogens is 2. The SMILES string of the molecule is Cn1nc(Cl)c([N+](=O)[O-])c1/C=C/[NH+](C)C. The second-order valence-corrected chi connectivity index (χ2v) is 3.67. The van der Waals surface area contributed by atoms with Crippen LogP contribution in [-0.4, -0.2) is 28.8 Å². The molecule has 6 nitrogen and oxygen atoms in total. The number of hydrogen-bond acceptors (Lipinski definition) is 3. The van der Waals surface area contributed by atoms with Crippen LogP contribution in [0.1, 0.15) is 5.69 Å². The van der Waals surface area contributed by atoms with Gasteiger partial charge in [-0.3, -0.25) is 14.8 Å². The van der Waals surface area contributed by atoms with Gasteiger partial charge in [0, 0.05) is 13.1 Å². The molecule has 0 aliphatic rings. The van der Waals surface area contributed by atoms with E-state index in [1.807, 2.05) is 14.1 Å². The molecule has 0 amide bonds. The van der Waals surface area contributed by atoms with Gasteiger partial charge in [0.2, 0.25) is 5.15 Å². The molecule has 82 valence electrons. The summed E-state index contributed by atoms with van der Waals surface area (Å²) in [5.41, 5.74) is 0.239. The van der Waals surface area contributed by atoms with E-state index in [2.05, 4.69) is 5.10 Å². The van der Waals surface area contributed by atoms with Gasteiger partial charge in [0.15, 0.2) is 0 Å². The third-order valence-electron chi connectivity index (χ3n) is 1.78. The molecule has 0 aromatic carbocycles. The highest BCUT2D eigenvalue weighted by Crippen LogP contribution is 2.27. The minimum Gasteiger partial charge on any atom is -0.313 e. The van der Waals surface area contributed by atoms with Gasteiger partial charge < -0.3 is 4.90 Å². The Morgan fingerprint density at radius 3 is 2.67 bits per heavy atom. The van der Waals surface area contributed by atoms with Crippen molar-refractivity contribution in [3.63, 3.8) is 0 Å². The highest BCUT2D eigenvalue weighted by molar-refractivity contribution is 6.31. The van der Waals surface area contributed by atoms with Crippen LogP contribution < -0.4 is 4.90 Å². The topological polar surface area (TPSA) is 65.4 Å². The predicted molar refractivity (Wildman–Crippen MR) is 56.7 cm³/mol. The quantitative estimate of drug-likeness (QED) is 0.593. The summed E-state index contributed by atoms with van der Waals surface area (Å²) >= 11 is 5.65. The molecule has 0 spiro atoms. The van der Waals surface area contributed by atoms with Crippen LogP contribution in [0.3, 0.4) is 0 Å². The first kappa shape index (κ1) is 11.7. The molecule has 0 aliphatic heterocycles. The monoisotopic (exact) mass is 231 g/mol.